The smallest absolute Gasteiger partial charge is 0.326 e. The third kappa shape index (κ3) is 4.81. The third-order valence-corrected chi connectivity index (χ3v) is 6.63. The number of fused-ring (bicyclic) bond motifs is 1. The van der Waals surface area contributed by atoms with Crippen LogP contribution in [0.25, 0.3) is 0 Å². The number of imide groups is 1. The number of esters is 1. The van der Waals surface area contributed by atoms with Crippen molar-refractivity contribution in [1.82, 2.24) is 9.80 Å². The monoisotopic (exact) mass is 458 g/mol. The molecule has 33 heavy (non-hydrogen) atoms. The van der Waals surface area contributed by atoms with E-state index in [1.165, 1.54) is 12.1 Å². The van der Waals surface area contributed by atoms with Crippen molar-refractivity contribution in [3.05, 3.63) is 34.4 Å². The Kier molecular flexibility index (Phi) is 6.57. The van der Waals surface area contributed by atoms with Gasteiger partial charge in [-0.15, -0.1) is 0 Å². The minimum absolute atomic E-state index is 0.0190. The summed E-state index contributed by atoms with van der Waals surface area (Å²) in [5.74, 6) is -2.39. The molecule has 1 saturated carbocycles. The molecule has 11 nitrogen and oxygen atoms in total. The van der Waals surface area contributed by atoms with E-state index in [2.05, 4.69) is 0 Å². The number of carbonyl (C=O) groups is 4. The molecule has 1 aromatic rings. The second-order valence-corrected chi connectivity index (χ2v) is 8.56. The number of likely N-dealkylation sites (tertiary alicyclic amines) is 1. The van der Waals surface area contributed by atoms with E-state index in [-0.39, 0.29) is 35.2 Å². The summed E-state index contributed by atoms with van der Waals surface area (Å²) in [6, 6.07) is 6.23. The van der Waals surface area contributed by atoms with Crippen LogP contribution in [-0.2, 0) is 23.9 Å². The molecule has 3 fully saturated rings. The number of hydrogen-bond donors (Lipinski definition) is 0. The summed E-state index contributed by atoms with van der Waals surface area (Å²) < 4.78 is 5.06. The first-order valence-electron chi connectivity index (χ1n) is 11.1. The third-order valence-electron chi connectivity index (χ3n) is 6.63. The van der Waals surface area contributed by atoms with E-state index in [0.29, 0.717) is 39.0 Å². The first kappa shape index (κ1) is 22.7. The van der Waals surface area contributed by atoms with Crippen LogP contribution in [-0.4, -0.2) is 77.7 Å². The molecule has 0 aromatic heterocycles. The van der Waals surface area contributed by atoms with E-state index >= 15 is 0 Å². The predicted molar refractivity (Wildman–Crippen MR) is 115 cm³/mol. The standard InChI is InChI=1S/C22H26N4O7/c27-19(24-11-9-23(10-12-24)15-5-7-16(8-6-15)26(31)32)14-33-20(28)13-25-21(29)17-3-1-2-4-18(17)22(25)30/h5-8,17-18H,1-4,9-14H2. The van der Waals surface area contributed by atoms with Crippen molar-refractivity contribution < 1.29 is 28.8 Å². The number of ether oxygens (including phenoxy) is 1. The lowest BCUT2D eigenvalue weighted by atomic mass is 9.81. The maximum absolute atomic E-state index is 12.5. The van der Waals surface area contributed by atoms with Gasteiger partial charge in [-0.05, 0) is 25.0 Å². The summed E-state index contributed by atoms with van der Waals surface area (Å²) in [4.78, 5) is 64.5. The average molecular weight is 458 g/mol. The van der Waals surface area contributed by atoms with Crippen molar-refractivity contribution >= 4 is 35.1 Å². The van der Waals surface area contributed by atoms with Gasteiger partial charge < -0.3 is 14.5 Å². The van der Waals surface area contributed by atoms with Crippen LogP contribution in [0.3, 0.4) is 0 Å². The van der Waals surface area contributed by atoms with Gasteiger partial charge >= 0.3 is 5.97 Å². The fourth-order valence-corrected chi connectivity index (χ4v) is 4.79. The number of piperazine rings is 1. The van der Waals surface area contributed by atoms with Crippen LogP contribution in [0, 0.1) is 22.0 Å². The maximum atomic E-state index is 12.5. The number of nitro groups is 1. The first-order chi connectivity index (χ1) is 15.8. The van der Waals surface area contributed by atoms with Crippen LogP contribution in [0.5, 0.6) is 0 Å². The van der Waals surface area contributed by atoms with Gasteiger partial charge in [-0.1, -0.05) is 12.8 Å². The Bertz CT molecular complexity index is 932. The summed E-state index contributed by atoms with van der Waals surface area (Å²) in [5, 5.41) is 10.8. The predicted octanol–water partition coefficient (Wildman–Crippen LogP) is 0.962. The molecule has 11 heteroatoms. The first-order valence-corrected chi connectivity index (χ1v) is 11.1. The molecule has 3 amide bonds. The lowest BCUT2D eigenvalue weighted by Gasteiger charge is -2.36. The number of hydrogen-bond acceptors (Lipinski definition) is 8. The van der Waals surface area contributed by atoms with Gasteiger partial charge in [0.1, 0.15) is 6.54 Å². The SMILES string of the molecule is O=C(CN1C(=O)C2CCCCC2C1=O)OCC(=O)N1CCN(c2ccc([N+](=O)[O-])cc2)CC1. The molecule has 0 bridgehead atoms. The van der Waals surface area contributed by atoms with Gasteiger partial charge in [-0.2, -0.15) is 0 Å². The van der Waals surface area contributed by atoms with E-state index < -0.39 is 24.0 Å². The van der Waals surface area contributed by atoms with E-state index in [1.807, 2.05) is 4.90 Å². The zero-order chi connectivity index (χ0) is 23.5. The summed E-state index contributed by atoms with van der Waals surface area (Å²) in [6.45, 7) is 1.01. The Hall–Kier alpha value is -3.50. The van der Waals surface area contributed by atoms with Crippen molar-refractivity contribution in [2.24, 2.45) is 11.8 Å². The Balaban J connectivity index is 1.22. The van der Waals surface area contributed by atoms with E-state index in [0.717, 1.165) is 23.4 Å². The minimum Gasteiger partial charge on any atom is -0.454 e. The van der Waals surface area contributed by atoms with Crippen LogP contribution in [0.4, 0.5) is 11.4 Å². The van der Waals surface area contributed by atoms with E-state index in [1.54, 1.807) is 17.0 Å². The number of benzene rings is 1. The van der Waals surface area contributed by atoms with Crippen molar-refractivity contribution in [2.45, 2.75) is 25.7 Å². The molecular formula is C22H26N4O7. The lowest BCUT2D eigenvalue weighted by Crippen LogP contribution is -2.50. The second-order valence-electron chi connectivity index (χ2n) is 8.56. The fraction of sp³-hybridized carbons (Fsp3) is 0.545. The molecule has 2 unspecified atom stereocenters. The average Bonchev–Trinajstić information content (AvgIpc) is 3.07. The van der Waals surface area contributed by atoms with Crippen molar-refractivity contribution in [2.75, 3.05) is 44.2 Å². The minimum atomic E-state index is -0.770. The molecule has 1 aromatic carbocycles. The largest absolute Gasteiger partial charge is 0.454 e. The Labute approximate surface area is 190 Å². The van der Waals surface area contributed by atoms with Gasteiger partial charge in [0.2, 0.25) is 11.8 Å². The summed E-state index contributed by atoms with van der Waals surface area (Å²) in [6.07, 6.45) is 3.16. The lowest BCUT2D eigenvalue weighted by molar-refractivity contribution is -0.384. The molecule has 0 radical (unpaired) electrons. The van der Waals surface area contributed by atoms with Gasteiger partial charge in [-0.25, -0.2) is 0 Å². The molecule has 0 N–H and O–H groups in total. The highest BCUT2D eigenvalue weighted by Crippen LogP contribution is 2.37. The second kappa shape index (κ2) is 9.55. The van der Waals surface area contributed by atoms with Crippen molar-refractivity contribution in [3.63, 3.8) is 0 Å². The number of amides is 3. The van der Waals surface area contributed by atoms with Crippen LogP contribution in [0.15, 0.2) is 24.3 Å². The summed E-state index contributed by atoms with van der Waals surface area (Å²) in [7, 11) is 0. The Morgan fingerprint density at radius 1 is 0.970 bits per heavy atom. The molecule has 4 rings (SSSR count). The summed E-state index contributed by atoms with van der Waals surface area (Å²) >= 11 is 0. The number of anilines is 1. The number of rotatable bonds is 6. The van der Waals surface area contributed by atoms with E-state index in [4.69, 9.17) is 4.74 Å². The molecular weight excluding hydrogens is 432 g/mol. The molecule has 2 atom stereocenters. The zero-order valence-electron chi connectivity index (χ0n) is 18.2. The number of nitro benzene ring substituents is 1. The molecule has 0 spiro atoms. The van der Waals surface area contributed by atoms with Gasteiger partial charge in [0, 0.05) is 44.0 Å². The molecule has 1 aliphatic carbocycles. The molecule has 176 valence electrons. The fourth-order valence-electron chi connectivity index (χ4n) is 4.79. The maximum Gasteiger partial charge on any atom is 0.326 e. The summed E-state index contributed by atoms with van der Waals surface area (Å²) in [5.41, 5.74) is 0.852. The van der Waals surface area contributed by atoms with Gasteiger partial charge in [0.15, 0.2) is 6.61 Å². The molecule has 2 heterocycles. The van der Waals surface area contributed by atoms with Crippen LogP contribution < -0.4 is 4.90 Å². The molecule has 2 aliphatic heterocycles. The van der Waals surface area contributed by atoms with Crippen LogP contribution >= 0.6 is 0 Å². The van der Waals surface area contributed by atoms with Gasteiger partial charge in [0.25, 0.3) is 11.6 Å². The van der Waals surface area contributed by atoms with Crippen molar-refractivity contribution in [1.29, 1.82) is 0 Å². The number of carbonyl (C=O) groups excluding carboxylic acids is 4. The topological polar surface area (TPSA) is 130 Å². The van der Waals surface area contributed by atoms with Crippen LogP contribution in [0.2, 0.25) is 0 Å². The van der Waals surface area contributed by atoms with E-state index in [9.17, 15) is 29.3 Å². The van der Waals surface area contributed by atoms with Crippen molar-refractivity contribution in [3.8, 4) is 0 Å². The molecule has 2 saturated heterocycles. The quantitative estimate of drug-likeness (QED) is 0.267. The van der Waals surface area contributed by atoms with Gasteiger partial charge in [-0.3, -0.25) is 34.2 Å². The number of nitrogens with zero attached hydrogens (tertiary/aromatic N) is 4. The zero-order valence-corrected chi connectivity index (χ0v) is 18.2. The Morgan fingerprint density at radius 3 is 2.09 bits per heavy atom. The molecule has 3 aliphatic rings. The van der Waals surface area contributed by atoms with Gasteiger partial charge in [0.05, 0.1) is 16.8 Å². The number of non-ortho nitro benzene ring substituents is 1. The Morgan fingerprint density at radius 2 is 1.55 bits per heavy atom. The highest BCUT2D eigenvalue weighted by Gasteiger charge is 2.48. The highest BCUT2D eigenvalue weighted by molar-refractivity contribution is 6.07. The highest BCUT2D eigenvalue weighted by atomic mass is 16.6. The normalized spacial score (nSPS) is 22.8. The van der Waals surface area contributed by atoms with Crippen LogP contribution in [0.1, 0.15) is 25.7 Å².